The fraction of sp³-hybridized carbons (Fsp3) is 0.458. The summed E-state index contributed by atoms with van der Waals surface area (Å²) in [4.78, 5) is 4.68. The van der Waals surface area contributed by atoms with E-state index < -0.39 is 0 Å². The Morgan fingerprint density at radius 2 is 1.70 bits per heavy atom. The van der Waals surface area contributed by atoms with Crippen molar-refractivity contribution in [3.8, 4) is 0 Å². The van der Waals surface area contributed by atoms with Crippen LogP contribution < -0.4 is 4.90 Å². The average Bonchev–Trinajstić information content (AvgIpc) is 3.23. The van der Waals surface area contributed by atoms with E-state index in [1.54, 1.807) is 0 Å². The molecule has 2 heterocycles. The fourth-order valence-corrected chi connectivity index (χ4v) is 4.21. The number of nitrogens with zero attached hydrogens (tertiary/aromatic N) is 6. The number of hydrogen-bond acceptors (Lipinski definition) is 5. The molecule has 1 aliphatic heterocycles. The van der Waals surface area contributed by atoms with Crippen LogP contribution in [-0.4, -0.2) is 52.3 Å². The molecule has 30 heavy (non-hydrogen) atoms. The molecule has 2 aromatic carbocycles. The van der Waals surface area contributed by atoms with Crippen molar-refractivity contribution in [2.24, 2.45) is 5.92 Å². The van der Waals surface area contributed by atoms with Crippen LogP contribution in [0.5, 0.6) is 0 Å². The van der Waals surface area contributed by atoms with Crippen molar-refractivity contribution >= 4 is 5.69 Å². The normalized spacial score (nSPS) is 16.5. The Hall–Kier alpha value is -2.73. The topological polar surface area (TPSA) is 50.1 Å². The average molecular weight is 405 g/mol. The standard InChI is InChI=1S/C24H32N6/c1-19-13-16-29(17-14-19)23(21-9-11-22(12-10-21)28(2)3)24-25-26-27-30(24)18-15-20-7-5-4-6-8-20/h4-12,19,23H,13-18H2,1-3H3. The highest BCUT2D eigenvalue weighted by Gasteiger charge is 2.30. The summed E-state index contributed by atoms with van der Waals surface area (Å²) in [6.07, 6.45) is 3.36. The Bertz CT molecular complexity index is 910. The number of likely N-dealkylation sites (tertiary alicyclic amines) is 1. The molecule has 1 fully saturated rings. The highest BCUT2D eigenvalue weighted by molar-refractivity contribution is 5.47. The third-order valence-electron chi connectivity index (χ3n) is 6.17. The second-order valence-electron chi connectivity index (χ2n) is 8.60. The number of benzene rings is 2. The van der Waals surface area contributed by atoms with Gasteiger partial charge in [-0.1, -0.05) is 49.4 Å². The van der Waals surface area contributed by atoms with Crippen LogP contribution in [0, 0.1) is 5.92 Å². The quantitative estimate of drug-likeness (QED) is 0.599. The molecule has 1 aliphatic rings. The lowest BCUT2D eigenvalue weighted by Gasteiger charge is -2.36. The van der Waals surface area contributed by atoms with Crippen LogP contribution in [0.3, 0.4) is 0 Å². The third-order valence-corrected chi connectivity index (χ3v) is 6.17. The summed E-state index contributed by atoms with van der Waals surface area (Å²) in [5.41, 5.74) is 3.76. The maximum absolute atomic E-state index is 4.51. The van der Waals surface area contributed by atoms with Crippen LogP contribution in [0.4, 0.5) is 5.69 Å². The van der Waals surface area contributed by atoms with Crippen molar-refractivity contribution < 1.29 is 0 Å². The molecule has 1 aromatic heterocycles. The maximum atomic E-state index is 4.51. The molecule has 1 atom stereocenters. The lowest BCUT2D eigenvalue weighted by molar-refractivity contribution is 0.150. The molecule has 158 valence electrons. The number of aromatic nitrogens is 4. The van der Waals surface area contributed by atoms with E-state index in [1.807, 2.05) is 4.68 Å². The molecular weight excluding hydrogens is 372 g/mol. The molecule has 0 saturated carbocycles. The molecule has 3 aromatic rings. The van der Waals surface area contributed by atoms with E-state index in [0.29, 0.717) is 0 Å². The summed E-state index contributed by atoms with van der Waals surface area (Å²) in [6, 6.07) is 19.5. The van der Waals surface area contributed by atoms with Gasteiger partial charge in [0.2, 0.25) is 0 Å². The van der Waals surface area contributed by atoms with Crippen molar-refractivity contribution in [1.29, 1.82) is 0 Å². The molecule has 0 radical (unpaired) electrons. The SMILES string of the molecule is CC1CCN(C(c2ccc(N(C)C)cc2)c2nnnn2CCc2ccccc2)CC1. The molecule has 1 unspecified atom stereocenters. The van der Waals surface area contributed by atoms with E-state index in [0.717, 1.165) is 37.8 Å². The van der Waals surface area contributed by atoms with E-state index in [2.05, 4.69) is 101 Å². The van der Waals surface area contributed by atoms with Crippen LogP contribution in [0.15, 0.2) is 54.6 Å². The van der Waals surface area contributed by atoms with Crippen LogP contribution >= 0.6 is 0 Å². The van der Waals surface area contributed by atoms with Gasteiger partial charge in [0.25, 0.3) is 0 Å². The first kappa shape index (κ1) is 20.5. The van der Waals surface area contributed by atoms with E-state index in [9.17, 15) is 0 Å². The van der Waals surface area contributed by atoms with Gasteiger partial charge in [-0.2, -0.15) is 0 Å². The Morgan fingerprint density at radius 1 is 1.00 bits per heavy atom. The van der Waals surface area contributed by atoms with Gasteiger partial charge in [0.15, 0.2) is 5.82 Å². The van der Waals surface area contributed by atoms with Crippen molar-refractivity contribution in [3.63, 3.8) is 0 Å². The highest BCUT2D eigenvalue weighted by atomic mass is 15.5. The minimum Gasteiger partial charge on any atom is -0.378 e. The summed E-state index contributed by atoms with van der Waals surface area (Å²) in [6.45, 7) is 5.28. The van der Waals surface area contributed by atoms with Gasteiger partial charge < -0.3 is 4.90 Å². The molecule has 0 amide bonds. The van der Waals surface area contributed by atoms with Gasteiger partial charge in [-0.05, 0) is 72.0 Å². The summed E-state index contributed by atoms with van der Waals surface area (Å²) in [5, 5.41) is 12.9. The van der Waals surface area contributed by atoms with Crippen molar-refractivity contribution in [2.75, 3.05) is 32.1 Å². The van der Waals surface area contributed by atoms with Gasteiger partial charge >= 0.3 is 0 Å². The smallest absolute Gasteiger partial charge is 0.173 e. The third kappa shape index (κ3) is 4.70. The lowest BCUT2D eigenvalue weighted by atomic mass is 9.95. The summed E-state index contributed by atoms with van der Waals surface area (Å²) in [5.74, 6) is 1.73. The Morgan fingerprint density at radius 3 is 2.37 bits per heavy atom. The van der Waals surface area contributed by atoms with E-state index >= 15 is 0 Å². The molecular formula is C24H32N6. The number of hydrogen-bond donors (Lipinski definition) is 0. The zero-order valence-electron chi connectivity index (χ0n) is 18.3. The summed E-state index contributed by atoms with van der Waals surface area (Å²) >= 11 is 0. The second kappa shape index (κ2) is 9.39. The van der Waals surface area contributed by atoms with Crippen LogP contribution in [-0.2, 0) is 13.0 Å². The van der Waals surface area contributed by atoms with Gasteiger partial charge in [-0.15, -0.1) is 5.10 Å². The highest BCUT2D eigenvalue weighted by Crippen LogP contribution is 2.32. The predicted octanol–water partition coefficient (Wildman–Crippen LogP) is 3.80. The second-order valence-corrected chi connectivity index (χ2v) is 8.60. The molecule has 0 N–H and O–H groups in total. The predicted molar refractivity (Wildman–Crippen MR) is 121 cm³/mol. The molecule has 1 saturated heterocycles. The van der Waals surface area contributed by atoms with E-state index in [4.69, 9.17) is 0 Å². The van der Waals surface area contributed by atoms with Crippen LogP contribution in [0.2, 0.25) is 0 Å². The fourth-order valence-electron chi connectivity index (χ4n) is 4.21. The van der Waals surface area contributed by atoms with Crippen molar-refractivity contribution in [3.05, 3.63) is 71.5 Å². The summed E-state index contributed by atoms with van der Waals surface area (Å²) < 4.78 is 2.00. The Kier molecular flexibility index (Phi) is 6.43. The maximum Gasteiger partial charge on any atom is 0.173 e. The summed E-state index contributed by atoms with van der Waals surface area (Å²) in [7, 11) is 4.14. The number of aryl methyl sites for hydroxylation is 2. The largest absolute Gasteiger partial charge is 0.378 e. The van der Waals surface area contributed by atoms with Crippen LogP contribution in [0.1, 0.15) is 42.8 Å². The first-order valence-electron chi connectivity index (χ1n) is 10.9. The minimum absolute atomic E-state index is 0.0829. The molecule has 6 nitrogen and oxygen atoms in total. The number of tetrazole rings is 1. The first-order valence-corrected chi connectivity index (χ1v) is 10.9. The molecule has 4 rings (SSSR count). The van der Waals surface area contributed by atoms with E-state index in [1.165, 1.54) is 29.7 Å². The van der Waals surface area contributed by atoms with E-state index in [-0.39, 0.29) is 6.04 Å². The van der Waals surface area contributed by atoms with Crippen molar-refractivity contribution in [2.45, 2.75) is 38.8 Å². The zero-order valence-corrected chi connectivity index (χ0v) is 18.3. The Labute approximate surface area is 179 Å². The number of piperidine rings is 1. The van der Waals surface area contributed by atoms with Gasteiger partial charge in [0, 0.05) is 26.3 Å². The molecule has 0 aliphatic carbocycles. The molecule has 0 bridgehead atoms. The van der Waals surface area contributed by atoms with Gasteiger partial charge in [0.05, 0.1) is 6.04 Å². The zero-order chi connectivity index (χ0) is 20.9. The monoisotopic (exact) mass is 404 g/mol. The van der Waals surface area contributed by atoms with Crippen LogP contribution in [0.25, 0.3) is 0 Å². The Balaban J connectivity index is 1.62. The van der Waals surface area contributed by atoms with Gasteiger partial charge in [-0.25, -0.2) is 4.68 Å². The van der Waals surface area contributed by atoms with Gasteiger partial charge in [-0.3, -0.25) is 4.90 Å². The molecule has 6 heteroatoms. The molecule has 0 spiro atoms. The number of rotatable bonds is 7. The first-order chi connectivity index (χ1) is 14.6. The lowest BCUT2D eigenvalue weighted by Crippen LogP contribution is -2.38. The van der Waals surface area contributed by atoms with Crippen molar-refractivity contribution in [1.82, 2.24) is 25.1 Å². The number of anilines is 1. The van der Waals surface area contributed by atoms with Gasteiger partial charge in [0.1, 0.15) is 0 Å². The minimum atomic E-state index is 0.0829.